The molecular formula is C44H55Br2N9O12. The van der Waals surface area contributed by atoms with E-state index in [1.807, 2.05) is 41.3 Å². The molecule has 0 unspecified atom stereocenters. The Bertz CT molecular complexity index is 2220. The van der Waals surface area contributed by atoms with E-state index in [1.54, 1.807) is 34.3 Å². The number of aliphatic hydroxyl groups is 1. The number of hydrogen-bond acceptors (Lipinski definition) is 12. The monoisotopic (exact) mass is 1060 g/mol. The van der Waals surface area contributed by atoms with Gasteiger partial charge in [-0.1, -0.05) is 18.2 Å². The van der Waals surface area contributed by atoms with E-state index in [9.17, 15) is 38.7 Å². The number of rotatable bonds is 17. The molecule has 4 heterocycles. The van der Waals surface area contributed by atoms with Gasteiger partial charge in [-0.05, 0) is 112 Å². The summed E-state index contributed by atoms with van der Waals surface area (Å²) in [5, 5.41) is 53.1. The number of unbranched alkanes of at least 4 members (excludes halogenated alkanes) is 1. The molecule has 21 nitrogen and oxygen atoms in total. The third-order valence-corrected chi connectivity index (χ3v) is 12.9. The number of benzene rings is 2. The van der Waals surface area contributed by atoms with E-state index in [1.165, 1.54) is 0 Å². The number of nitrogens with one attached hydrogen (secondary N) is 3. The van der Waals surface area contributed by atoms with Gasteiger partial charge in [-0.2, -0.15) is 0 Å². The van der Waals surface area contributed by atoms with Crippen molar-refractivity contribution in [3.05, 3.63) is 81.0 Å². The van der Waals surface area contributed by atoms with Gasteiger partial charge >= 0.3 is 30.0 Å². The highest BCUT2D eigenvalue weighted by atomic mass is 79.9. The first kappa shape index (κ1) is 51.9. The van der Waals surface area contributed by atoms with Gasteiger partial charge in [0.1, 0.15) is 17.8 Å². The Morgan fingerprint density at radius 2 is 1.45 bits per heavy atom. The number of anilines is 2. The van der Waals surface area contributed by atoms with Crippen LogP contribution >= 0.6 is 31.9 Å². The molecule has 6 amide bonds. The number of aromatic hydroxyl groups is 1. The fraction of sp³-hybridized carbons (Fsp3) is 0.455. The van der Waals surface area contributed by atoms with Crippen LogP contribution < -0.4 is 26.6 Å². The maximum Gasteiger partial charge on any atom is 0.336 e. The first-order chi connectivity index (χ1) is 31.9. The number of halogens is 2. The summed E-state index contributed by atoms with van der Waals surface area (Å²) >= 11 is 6.74. The number of nitrogens with two attached hydrogens (primary N) is 1. The molecule has 0 spiro atoms. The van der Waals surface area contributed by atoms with Crippen molar-refractivity contribution in [1.82, 2.24) is 30.3 Å². The molecule has 2 fully saturated rings. The van der Waals surface area contributed by atoms with E-state index < -0.39 is 60.4 Å². The molecular weight excluding hydrogens is 1010 g/mol. The van der Waals surface area contributed by atoms with Crippen molar-refractivity contribution in [2.75, 3.05) is 56.0 Å². The van der Waals surface area contributed by atoms with Crippen molar-refractivity contribution in [2.45, 2.75) is 81.6 Å². The fourth-order valence-electron chi connectivity index (χ4n) is 8.02. The molecule has 2 aromatic carbocycles. The number of amides is 6. The number of piperidine rings is 1. The topological polar surface area (TPSA) is 309 Å². The van der Waals surface area contributed by atoms with Crippen LogP contribution in [0.25, 0.3) is 0 Å². The summed E-state index contributed by atoms with van der Waals surface area (Å²) in [4.78, 5) is 97.0. The highest BCUT2D eigenvalue weighted by molar-refractivity contribution is 9.11. The number of carbonyl (C=O) groups is 7. The average Bonchev–Trinajstić information content (AvgIpc) is 3.29. The number of carboxylic acid groups (broad SMARTS) is 3. The Morgan fingerprint density at radius 3 is 2.03 bits per heavy atom. The molecule has 0 bridgehead atoms. The lowest BCUT2D eigenvalue weighted by atomic mass is 9.96. The molecule has 0 aliphatic carbocycles. The van der Waals surface area contributed by atoms with Gasteiger partial charge in [0.2, 0.25) is 11.8 Å². The lowest BCUT2D eigenvalue weighted by Crippen LogP contribution is -2.59. The Balaban J connectivity index is 0.000000563. The zero-order chi connectivity index (χ0) is 48.8. The van der Waals surface area contributed by atoms with Gasteiger partial charge in [0, 0.05) is 82.0 Å². The van der Waals surface area contributed by atoms with Crippen LogP contribution in [0.1, 0.15) is 56.1 Å². The molecule has 1 aromatic heterocycles. The molecule has 3 aliphatic heterocycles. The summed E-state index contributed by atoms with van der Waals surface area (Å²) in [7, 11) is 0. The van der Waals surface area contributed by atoms with E-state index in [2.05, 4.69) is 57.7 Å². The second kappa shape index (κ2) is 24.1. The Kier molecular flexibility index (Phi) is 18.7. The van der Waals surface area contributed by atoms with E-state index in [0.29, 0.717) is 99.0 Å². The minimum absolute atomic E-state index is 0.0205. The molecule has 23 heteroatoms. The number of carbonyl (C=O) groups excluding carboxylic acids is 4. The maximum absolute atomic E-state index is 14.2. The zero-order valence-electron chi connectivity index (χ0n) is 36.5. The van der Waals surface area contributed by atoms with Crippen molar-refractivity contribution in [1.29, 1.82) is 0 Å². The quantitative estimate of drug-likeness (QED) is 0.0878. The van der Waals surface area contributed by atoms with Gasteiger partial charge in [0.05, 0.1) is 21.8 Å². The van der Waals surface area contributed by atoms with Crippen LogP contribution in [0.15, 0.2) is 69.9 Å². The van der Waals surface area contributed by atoms with Crippen molar-refractivity contribution < 1.29 is 59.1 Å². The number of fused-ring (bicyclic) bond motifs is 1. The standard InChI is InChI=1S/C38H47Br2N9O5.C6H8O7/c39-29-21-25(22-30(40)34(29)50)23-33(45-37(53)48-15-10-28(11-16-48)49-24-26-5-1-2-6-31(26)44-38(49)54)35(51)43-32(7-3-4-12-41)36(52)47-19-17-46(18-20-47)27-8-13-42-14-9-27;7-3(8)1-6(13,5(11)12)2-4(9)10/h1-2,5-6,8-9,13-14,21-22,28,32-33,50H,3-4,7,10-12,15-20,23-24,41H2,(H,43,51)(H,44,54)(H,45,53);13H,1-2H2,(H,7,8)(H,9,10)(H,11,12)/t32-,33+;/m0./s1. The van der Waals surface area contributed by atoms with E-state index in [-0.39, 0.29) is 30.2 Å². The number of likely N-dealkylation sites (tertiary alicyclic amines) is 1. The number of aliphatic carboxylic acids is 3. The first-order valence-corrected chi connectivity index (χ1v) is 23.2. The number of urea groups is 2. The molecule has 2 atom stereocenters. The second-order valence-electron chi connectivity index (χ2n) is 16.4. The molecule has 6 rings (SSSR count). The number of phenolic OH excluding ortho intramolecular Hbond substituents is 1. The molecule has 67 heavy (non-hydrogen) atoms. The average molecular weight is 1060 g/mol. The van der Waals surface area contributed by atoms with Gasteiger partial charge in [-0.25, -0.2) is 14.4 Å². The van der Waals surface area contributed by atoms with Crippen molar-refractivity contribution in [2.24, 2.45) is 5.73 Å². The third-order valence-electron chi connectivity index (χ3n) is 11.6. The third kappa shape index (κ3) is 14.5. The molecule has 3 aromatic rings. The molecule has 0 saturated carbocycles. The molecule has 2 saturated heterocycles. The van der Waals surface area contributed by atoms with Gasteiger partial charge in [0.25, 0.3) is 0 Å². The van der Waals surface area contributed by atoms with Gasteiger partial charge in [-0.3, -0.25) is 24.2 Å². The summed E-state index contributed by atoms with van der Waals surface area (Å²) in [6.45, 7) is 4.07. The first-order valence-electron chi connectivity index (χ1n) is 21.6. The predicted molar refractivity (Wildman–Crippen MR) is 250 cm³/mol. The number of pyridine rings is 1. The number of hydrogen-bond donors (Lipinski definition) is 9. The zero-order valence-corrected chi connectivity index (χ0v) is 39.7. The lowest BCUT2D eigenvalue weighted by Gasteiger charge is -2.40. The summed E-state index contributed by atoms with van der Waals surface area (Å²) < 4.78 is 0.870. The second-order valence-corrected chi connectivity index (χ2v) is 18.1. The molecule has 3 aliphatic rings. The van der Waals surface area contributed by atoms with E-state index in [4.69, 9.17) is 26.2 Å². The van der Waals surface area contributed by atoms with Crippen LogP contribution in [0, 0.1) is 0 Å². The Labute approximate surface area is 402 Å². The van der Waals surface area contributed by atoms with Gasteiger partial charge in [-0.15, -0.1) is 0 Å². The molecule has 362 valence electrons. The summed E-state index contributed by atoms with van der Waals surface area (Å²) in [6.07, 6.45) is 4.24. The minimum Gasteiger partial charge on any atom is -0.506 e. The number of carboxylic acids is 3. The van der Waals surface area contributed by atoms with Gasteiger partial charge in [0.15, 0.2) is 5.60 Å². The number of para-hydroxylation sites is 1. The summed E-state index contributed by atoms with van der Waals surface area (Å²) in [6, 6.07) is 12.6. The number of piperazine rings is 1. The minimum atomic E-state index is -2.74. The highest BCUT2D eigenvalue weighted by Gasteiger charge is 2.41. The maximum atomic E-state index is 14.2. The summed E-state index contributed by atoms with van der Waals surface area (Å²) in [5.41, 5.74) is 6.64. The van der Waals surface area contributed by atoms with Crippen LogP contribution in [0.4, 0.5) is 21.0 Å². The van der Waals surface area contributed by atoms with Crippen LogP contribution in [0.2, 0.25) is 0 Å². The molecule has 10 N–H and O–H groups in total. The predicted octanol–water partition coefficient (Wildman–Crippen LogP) is 3.16. The normalized spacial score (nSPS) is 16.1. The number of aromatic nitrogens is 1. The van der Waals surface area contributed by atoms with Crippen molar-refractivity contribution >= 4 is 85.0 Å². The van der Waals surface area contributed by atoms with Crippen LogP contribution in [0.3, 0.4) is 0 Å². The van der Waals surface area contributed by atoms with Crippen LogP contribution in [-0.2, 0) is 36.9 Å². The SMILES string of the molecule is NCCCC[C@H](NC(=O)[C@@H](Cc1cc(Br)c(O)c(Br)c1)NC(=O)N1CCC(N2Cc3ccccc3NC2=O)CC1)C(=O)N1CCN(c2ccncc2)CC1.O=C(O)CC(O)(CC(=O)O)C(=O)O. The lowest BCUT2D eigenvalue weighted by molar-refractivity contribution is -0.170. The number of nitrogens with zero attached hydrogens (tertiary/aromatic N) is 5. The number of phenols is 1. The van der Waals surface area contributed by atoms with E-state index in [0.717, 1.165) is 16.9 Å². The fourth-order valence-corrected chi connectivity index (χ4v) is 9.30. The van der Waals surface area contributed by atoms with Crippen LogP contribution in [0.5, 0.6) is 5.75 Å². The highest BCUT2D eigenvalue weighted by Crippen LogP contribution is 2.34. The van der Waals surface area contributed by atoms with Crippen molar-refractivity contribution in [3.63, 3.8) is 0 Å². The smallest absolute Gasteiger partial charge is 0.336 e. The van der Waals surface area contributed by atoms with Crippen molar-refractivity contribution in [3.8, 4) is 5.75 Å². The van der Waals surface area contributed by atoms with Crippen LogP contribution in [-0.4, -0.2) is 157 Å². The summed E-state index contributed by atoms with van der Waals surface area (Å²) in [5.74, 6) is -5.65. The molecule has 0 radical (unpaired) electrons. The Hall–Kier alpha value is -6.04. The van der Waals surface area contributed by atoms with Gasteiger partial charge < -0.3 is 66.8 Å². The largest absolute Gasteiger partial charge is 0.506 e. The Morgan fingerprint density at radius 1 is 0.836 bits per heavy atom. The van der Waals surface area contributed by atoms with E-state index >= 15 is 0 Å².